The Kier molecular flexibility index (Phi) is 3.62. The molecule has 0 aliphatic carbocycles. The normalized spacial score (nSPS) is 18.9. The molecule has 98 valence electrons. The molecular weight excluding hydrogens is 249 g/mol. The molecule has 0 saturated carbocycles. The third kappa shape index (κ3) is 2.12. The van der Waals surface area contributed by atoms with Gasteiger partial charge in [-0.05, 0) is 24.1 Å². The van der Waals surface area contributed by atoms with Crippen molar-refractivity contribution in [2.45, 2.75) is 12.7 Å². The molecule has 1 unspecified atom stereocenters. The molecule has 0 bridgehead atoms. The quantitative estimate of drug-likeness (QED) is 0.787. The highest BCUT2D eigenvalue weighted by Gasteiger charge is 2.40. The first-order chi connectivity index (χ1) is 8.51. The van der Waals surface area contributed by atoms with E-state index in [1.54, 1.807) is 0 Å². The minimum absolute atomic E-state index is 0.395. The molecule has 1 heterocycles. The molecule has 1 aromatic rings. The van der Waals surface area contributed by atoms with Crippen molar-refractivity contribution >= 4 is 13.7 Å². The van der Waals surface area contributed by atoms with Crippen LogP contribution in [0.4, 0.5) is 0 Å². The Morgan fingerprint density at radius 1 is 1.28 bits per heavy atom. The molecule has 1 aromatic carbocycles. The molecule has 0 amide bonds. The topological polar surface area (TPSA) is 38.8 Å². The summed E-state index contributed by atoms with van der Waals surface area (Å²) in [5, 5.41) is 0. The fourth-order valence-electron chi connectivity index (χ4n) is 2.24. The third-order valence-corrected chi connectivity index (χ3v) is 5.46. The van der Waals surface area contributed by atoms with Gasteiger partial charge in [0.1, 0.15) is 0 Å². The van der Waals surface area contributed by atoms with E-state index >= 15 is 0 Å². The van der Waals surface area contributed by atoms with Gasteiger partial charge < -0.3 is 13.9 Å². The van der Waals surface area contributed by atoms with Crippen LogP contribution in [0.15, 0.2) is 24.4 Å². The number of nitrogens with zero attached hydrogens (tertiary/aromatic N) is 1. The molecular formula is C13H18NO3P. The number of hydrogen-bond acceptors (Lipinski definition) is 4. The van der Waals surface area contributed by atoms with Crippen LogP contribution in [0.3, 0.4) is 0 Å². The van der Waals surface area contributed by atoms with Gasteiger partial charge in [0.15, 0.2) is 5.78 Å². The lowest BCUT2D eigenvalue weighted by molar-refractivity contribution is 0.236. The second kappa shape index (κ2) is 4.88. The summed E-state index contributed by atoms with van der Waals surface area (Å²) in [6, 6.07) is 6.07. The molecule has 2 rings (SSSR count). The summed E-state index contributed by atoms with van der Waals surface area (Å²) in [6.07, 6.45) is 3.91. The monoisotopic (exact) mass is 267 g/mol. The standard InChI is InChI=1S/C13H18NO3P/c1-10-5-6-12-11(9-10)7-8-14(2)13(12)18(15,16-3)17-4/h5-9,13H,1-4H3. The van der Waals surface area contributed by atoms with Crippen molar-refractivity contribution in [2.75, 3.05) is 21.3 Å². The largest absolute Gasteiger partial charge is 0.363 e. The number of rotatable bonds is 3. The maximum atomic E-state index is 12.6. The Morgan fingerprint density at radius 3 is 2.56 bits per heavy atom. The summed E-state index contributed by atoms with van der Waals surface area (Å²) in [6.45, 7) is 2.04. The van der Waals surface area contributed by atoms with Crippen molar-refractivity contribution in [3.8, 4) is 0 Å². The van der Waals surface area contributed by atoms with E-state index in [2.05, 4.69) is 6.07 Å². The lowest BCUT2D eigenvalue weighted by Gasteiger charge is -2.35. The van der Waals surface area contributed by atoms with Gasteiger partial charge in [-0.2, -0.15) is 0 Å². The first-order valence-electron chi connectivity index (χ1n) is 5.73. The highest BCUT2D eigenvalue weighted by Crippen LogP contribution is 2.62. The molecule has 0 radical (unpaired) electrons. The lowest BCUT2D eigenvalue weighted by atomic mass is 10.0. The predicted molar refractivity (Wildman–Crippen MR) is 72.3 cm³/mol. The smallest absolute Gasteiger partial charge is 0.356 e. The Balaban J connectivity index is 2.56. The Bertz CT molecular complexity index is 519. The zero-order valence-corrected chi connectivity index (χ0v) is 12.0. The number of benzene rings is 1. The van der Waals surface area contributed by atoms with Gasteiger partial charge in [-0.15, -0.1) is 0 Å². The minimum atomic E-state index is -3.19. The van der Waals surface area contributed by atoms with Gasteiger partial charge in [0.05, 0.1) is 0 Å². The van der Waals surface area contributed by atoms with Crippen LogP contribution in [0.25, 0.3) is 6.08 Å². The summed E-state index contributed by atoms with van der Waals surface area (Å²) >= 11 is 0. The molecule has 4 nitrogen and oxygen atoms in total. The maximum absolute atomic E-state index is 12.6. The number of fused-ring (bicyclic) bond motifs is 1. The maximum Gasteiger partial charge on any atom is 0.356 e. The molecule has 1 aliphatic heterocycles. The fraction of sp³-hybridized carbons (Fsp3) is 0.385. The van der Waals surface area contributed by atoms with E-state index in [0.717, 1.165) is 11.1 Å². The highest BCUT2D eigenvalue weighted by molar-refractivity contribution is 7.54. The molecule has 0 aromatic heterocycles. The van der Waals surface area contributed by atoms with Crippen molar-refractivity contribution in [3.63, 3.8) is 0 Å². The van der Waals surface area contributed by atoms with Gasteiger partial charge in [0.25, 0.3) is 0 Å². The summed E-state index contributed by atoms with van der Waals surface area (Å²) < 4.78 is 22.9. The Morgan fingerprint density at radius 2 is 1.94 bits per heavy atom. The van der Waals surface area contributed by atoms with Crippen molar-refractivity contribution < 1.29 is 13.6 Å². The zero-order valence-electron chi connectivity index (χ0n) is 11.1. The molecule has 0 fully saturated rings. The average molecular weight is 267 g/mol. The van der Waals surface area contributed by atoms with E-state index in [1.165, 1.54) is 19.8 Å². The Hall–Kier alpha value is -1.09. The summed E-state index contributed by atoms with van der Waals surface area (Å²) in [7, 11) is 1.53. The van der Waals surface area contributed by atoms with E-state index in [1.807, 2.05) is 43.3 Å². The van der Waals surface area contributed by atoms with Crippen LogP contribution in [0.5, 0.6) is 0 Å². The zero-order chi connectivity index (χ0) is 13.3. The van der Waals surface area contributed by atoms with E-state index in [0.29, 0.717) is 0 Å². The molecule has 1 aliphatic rings. The lowest BCUT2D eigenvalue weighted by Crippen LogP contribution is -2.24. The van der Waals surface area contributed by atoms with E-state index in [-0.39, 0.29) is 0 Å². The first-order valence-corrected chi connectivity index (χ1v) is 7.35. The second-order valence-electron chi connectivity index (χ2n) is 4.39. The summed E-state index contributed by atoms with van der Waals surface area (Å²) in [4.78, 5) is 1.87. The first kappa shape index (κ1) is 13.3. The van der Waals surface area contributed by atoms with Crippen molar-refractivity contribution in [3.05, 3.63) is 41.1 Å². The average Bonchev–Trinajstić information content (AvgIpc) is 2.38. The van der Waals surface area contributed by atoms with Gasteiger partial charge in [-0.25, -0.2) is 0 Å². The molecule has 0 spiro atoms. The molecule has 18 heavy (non-hydrogen) atoms. The summed E-state index contributed by atoms with van der Waals surface area (Å²) in [5.74, 6) is -0.395. The van der Waals surface area contributed by atoms with Crippen LogP contribution < -0.4 is 0 Å². The van der Waals surface area contributed by atoms with E-state index < -0.39 is 13.4 Å². The van der Waals surface area contributed by atoms with Crippen LogP contribution in [0.1, 0.15) is 22.5 Å². The molecule has 0 N–H and O–H groups in total. The van der Waals surface area contributed by atoms with Crippen LogP contribution in [-0.4, -0.2) is 26.2 Å². The van der Waals surface area contributed by atoms with Gasteiger partial charge in [0, 0.05) is 27.5 Å². The molecule has 0 saturated heterocycles. The van der Waals surface area contributed by atoms with Gasteiger partial charge in [0.2, 0.25) is 0 Å². The SMILES string of the molecule is COP(=O)(OC)C1c2ccc(C)cc2C=CN1C. The van der Waals surface area contributed by atoms with Crippen LogP contribution in [0, 0.1) is 6.92 Å². The molecule has 1 atom stereocenters. The second-order valence-corrected chi connectivity index (χ2v) is 6.69. The van der Waals surface area contributed by atoms with Crippen molar-refractivity contribution in [2.24, 2.45) is 0 Å². The molecule has 5 heteroatoms. The predicted octanol–water partition coefficient (Wildman–Crippen LogP) is 3.40. The van der Waals surface area contributed by atoms with Crippen LogP contribution in [-0.2, 0) is 13.6 Å². The van der Waals surface area contributed by atoms with Crippen molar-refractivity contribution in [1.29, 1.82) is 0 Å². The number of hydrogen-bond donors (Lipinski definition) is 0. The minimum Gasteiger partial charge on any atom is -0.363 e. The van der Waals surface area contributed by atoms with Gasteiger partial charge in [-0.1, -0.05) is 23.8 Å². The number of aryl methyl sites for hydroxylation is 1. The third-order valence-electron chi connectivity index (χ3n) is 3.20. The van der Waals surface area contributed by atoms with E-state index in [4.69, 9.17) is 9.05 Å². The van der Waals surface area contributed by atoms with Crippen LogP contribution >= 0.6 is 7.60 Å². The van der Waals surface area contributed by atoms with Gasteiger partial charge >= 0.3 is 7.60 Å². The van der Waals surface area contributed by atoms with Crippen molar-refractivity contribution in [1.82, 2.24) is 4.90 Å². The Labute approximate surface area is 108 Å². The van der Waals surface area contributed by atoms with Gasteiger partial charge in [-0.3, -0.25) is 4.57 Å². The highest BCUT2D eigenvalue weighted by atomic mass is 31.2. The van der Waals surface area contributed by atoms with E-state index in [9.17, 15) is 4.57 Å². The van der Waals surface area contributed by atoms with Crippen LogP contribution in [0.2, 0.25) is 0 Å². The fourth-order valence-corrected chi connectivity index (χ4v) is 3.89. The summed E-state index contributed by atoms with van der Waals surface area (Å²) in [5.41, 5.74) is 3.21.